The molecule has 1 heterocycles. The maximum atomic E-state index is 12.3. The molecule has 0 saturated carbocycles. The summed E-state index contributed by atoms with van der Waals surface area (Å²) in [7, 11) is 0. The van der Waals surface area contributed by atoms with E-state index in [4.69, 9.17) is 11.6 Å². The van der Waals surface area contributed by atoms with Crippen molar-refractivity contribution in [2.45, 2.75) is 31.8 Å². The van der Waals surface area contributed by atoms with Gasteiger partial charge in [-0.3, -0.25) is 10.1 Å². The number of halogens is 1. The van der Waals surface area contributed by atoms with E-state index in [1.54, 1.807) is 12.1 Å². The van der Waals surface area contributed by atoms with Crippen LogP contribution in [-0.2, 0) is 11.2 Å². The normalized spacial score (nSPS) is 17.8. The van der Waals surface area contributed by atoms with Crippen molar-refractivity contribution >= 4 is 23.3 Å². The minimum absolute atomic E-state index is 0.0980. The molecule has 0 fully saturated rings. The molecule has 0 radical (unpaired) electrons. The van der Waals surface area contributed by atoms with E-state index >= 15 is 0 Å². The first-order chi connectivity index (χ1) is 10.6. The number of carbonyl (C=O) groups excluding carboxylic acids is 1. The maximum Gasteiger partial charge on any atom is 0.242 e. The molecule has 22 heavy (non-hydrogen) atoms. The Balaban J connectivity index is 1.61. The van der Waals surface area contributed by atoms with E-state index in [1.807, 2.05) is 13.0 Å². The van der Waals surface area contributed by atoms with Gasteiger partial charge in [-0.15, -0.1) is 0 Å². The van der Waals surface area contributed by atoms with E-state index < -0.39 is 0 Å². The lowest BCUT2D eigenvalue weighted by Crippen LogP contribution is -2.39. The fourth-order valence-electron chi connectivity index (χ4n) is 2.79. The van der Waals surface area contributed by atoms with Crippen LogP contribution >= 0.6 is 11.6 Å². The molecule has 1 aromatic carbocycles. The Morgan fingerprint density at radius 2 is 2.14 bits per heavy atom. The molecule has 0 bridgehead atoms. The van der Waals surface area contributed by atoms with E-state index in [9.17, 15) is 4.79 Å². The molecular weight excluding hydrogens is 298 g/mol. The zero-order valence-electron chi connectivity index (χ0n) is 12.3. The number of anilines is 1. The Labute approximate surface area is 134 Å². The van der Waals surface area contributed by atoms with Gasteiger partial charge in [0.25, 0.3) is 0 Å². The maximum absolute atomic E-state index is 12.3. The number of pyridine rings is 1. The molecule has 2 aromatic rings. The zero-order chi connectivity index (χ0) is 15.5. The number of nitrogens with one attached hydrogen (secondary N) is 2. The molecule has 3 rings (SSSR count). The monoisotopic (exact) mass is 315 g/mol. The molecule has 1 aliphatic rings. The fraction of sp³-hybridized carbons (Fsp3) is 0.294. The van der Waals surface area contributed by atoms with Crippen LogP contribution in [0.15, 0.2) is 42.6 Å². The molecule has 1 aromatic heterocycles. The quantitative estimate of drug-likeness (QED) is 0.910. The van der Waals surface area contributed by atoms with Gasteiger partial charge < -0.3 is 5.32 Å². The first-order valence-corrected chi connectivity index (χ1v) is 7.77. The Morgan fingerprint density at radius 3 is 2.91 bits per heavy atom. The van der Waals surface area contributed by atoms with Crippen LogP contribution < -0.4 is 10.6 Å². The first kappa shape index (κ1) is 15.0. The Hall–Kier alpha value is -1.91. The summed E-state index contributed by atoms with van der Waals surface area (Å²) < 4.78 is 0. The SMILES string of the molecule is C[C@H](N[C@@H]1CCc2ccccc21)C(=O)Nc1ccc(Cl)cn1. The number of amides is 1. The average Bonchev–Trinajstić information content (AvgIpc) is 2.93. The number of carbonyl (C=O) groups is 1. The van der Waals surface area contributed by atoms with Gasteiger partial charge in [0.2, 0.25) is 5.91 Å². The van der Waals surface area contributed by atoms with Crippen LogP contribution in [0.4, 0.5) is 5.82 Å². The summed E-state index contributed by atoms with van der Waals surface area (Å²) in [4.78, 5) is 16.3. The van der Waals surface area contributed by atoms with Gasteiger partial charge in [-0.25, -0.2) is 4.98 Å². The third-order valence-corrected chi connectivity index (χ3v) is 4.18. The molecule has 0 unspecified atom stereocenters. The van der Waals surface area contributed by atoms with Crippen molar-refractivity contribution in [2.24, 2.45) is 0 Å². The number of nitrogens with zero attached hydrogens (tertiary/aromatic N) is 1. The van der Waals surface area contributed by atoms with Crippen LogP contribution in [0.25, 0.3) is 0 Å². The van der Waals surface area contributed by atoms with E-state index in [2.05, 4.69) is 33.8 Å². The van der Waals surface area contributed by atoms with Crippen molar-refractivity contribution in [3.63, 3.8) is 0 Å². The summed E-state index contributed by atoms with van der Waals surface area (Å²) in [5, 5.41) is 6.74. The summed E-state index contributed by atoms with van der Waals surface area (Å²) in [5.41, 5.74) is 2.67. The van der Waals surface area contributed by atoms with Crippen molar-refractivity contribution < 1.29 is 4.79 Å². The summed E-state index contributed by atoms with van der Waals surface area (Å²) >= 11 is 5.78. The largest absolute Gasteiger partial charge is 0.309 e. The number of aromatic nitrogens is 1. The Morgan fingerprint density at radius 1 is 1.32 bits per heavy atom. The lowest BCUT2D eigenvalue weighted by molar-refractivity contribution is -0.118. The first-order valence-electron chi connectivity index (χ1n) is 7.40. The smallest absolute Gasteiger partial charge is 0.242 e. The van der Waals surface area contributed by atoms with E-state index in [1.165, 1.54) is 17.3 Å². The van der Waals surface area contributed by atoms with Crippen LogP contribution in [0.5, 0.6) is 0 Å². The highest BCUT2D eigenvalue weighted by molar-refractivity contribution is 6.30. The molecule has 0 saturated heterocycles. The fourth-order valence-corrected chi connectivity index (χ4v) is 2.90. The van der Waals surface area contributed by atoms with E-state index in [0.717, 1.165) is 12.8 Å². The van der Waals surface area contributed by atoms with Crippen LogP contribution in [0.3, 0.4) is 0 Å². The average molecular weight is 316 g/mol. The van der Waals surface area contributed by atoms with Gasteiger partial charge in [0.05, 0.1) is 11.1 Å². The highest BCUT2D eigenvalue weighted by atomic mass is 35.5. The Kier molecular flexibility index (Phi) is 4.41. The van der Waals surface area contributed by atoms with Crippen LogP contribution in [0.1, 0.15) is 30.5 Å². The summed E-state index contributed by atoms with van der Waals surface area (Å²) in [6.45, 7) is 1.87. The molecule has 5 heteroatoms. The standard InChI is InChI=1S/C17H18ClN3O/c1-11(17(22)21-16-9-7-13(18)10-19-16)20-15-8-6-12-4-2-3-5-14(12)15/h2-5,7,9-11,15,20H,6,8H2,1H3,(H,19,21,22)/t11-,15+/m0/s1. The van der Waals surface area contributed by atoms with Gasteiger partial charge in [-0.05, 0) is 43.0 Å². The number of fused-ring (bicyclic) bond motifs is 1. The van der Waals surface area contributed by atoms with Gasteiger partial charge in [0.1, 0.15) is 5.82 Å². The van der Waals surface area contributed by atoms with E-state index in [-0.39, 0.29) is 18.0 Å². The Bertz CT molecular complexity index is 672. The summed E-state index contributed by atoms with van der Waals surface area (Å²) in [6, 6.07) is 11.7. The van der Waals surface area contributed by atoms with Crippen molar-refractivity contribution in [2.75, 3.05) is 5.32 Å². The number of hydrogen-bond donors (Lipinski definition) is 2. The van der Waals surface area contributed by atoms with Crippen molar-refractivity contribution in [3.8, 4) is 0 Å². The lowest BCUT2D eigenvalue weighted by Gasteiger charge is -2.19. The number of benzene rings is 1. The molecule has 1 amide bonds. The third-order valence-electron chi connectivity index (χ3n) is 3.96. The molecule has 1 aliphatic carbocycles. The number of rotatable bonds is 4. The van der Waals surface area contributed by atoms with Gasteiger partial charge in [-0.2, -0.15) is 0 Å². The molecule has 0 aliphatic heterocycles. The van der Waals surface area contributed by atoms with Gasteiger partial charge in [-0.1, -0.05) is 35.9 Å². The molecular formula is C17H18ClN3O. The predicted molar refractivity (Wildman–Crippen MR) is 88.0 cm³/mol. The van der Waals surface area contributed by atoms with Gasteiger partial charge in [0, 0.05) is 12.2 Å². The number of hydrogen-bond acceptors (Lipinski definition) is 3. The highest BCUT2D eigenvalue weighted by Crippen LogP contribution is 2.31. The summed E-state index contributed by atoms with van der Waals surface area (Å²) in [5.74, 6) is 0.411. The molecule has 4 nitrogen and oxygen atoms in total. The minimum Gasteiger partial charge on any atom is -0.309 e. The third kappa shape index (κ3) is 3.29. The van der Waals surface area contributed by atoms with Crippen LogP contribution in [0, 0.1) is 0 Å². The van der Waals surface area contributed by atoms with E-state index in [0.29, 0.717) is 10.8 Å². The van der Waals surface area contributed by atoms with Crippen molar-refractivity contribution in [1.82, 2.24) is 10.3 Å². The second-order valence-corrected chi connectivity index (χ2v) is 5.97. The molecule has 0 spiro atoms. The van der Waals surface area contributed by atoms with Crippen LogP contribution in [0.2, 0.25) is 5.02 Å². The summed E-state index contributed by atoms with van der Waals surface area (Å²) in [6.07, 6.45) is 3.60. The van der Waals surface area contributed by atoms with Gasteiger partial charge >= 0.3 is 0 Å². The predicted octanol–water partition coefficient (Wildman–Crippen LogP) is 3.34. The molecule has 114 valence electrons. The number of aryl methyl sites for hydroxylation is 1. The zero-order valence-corrected chi connectivity index (χ0v) is 13.1. The second kappa shape index (κ2) is 6.46. The topological polar surface area (TPSA) is 54.0 Å². The van der Waals surface area contributed by atoms with Gasteiger partial charge in [0.15, 0.2) is 0 Å². The highest BCUT2D eigenvalue weighted by Gasteiger charge is 2.25. The van der Waals surface area contributed by atoms with Crippen molar-refractivity contribution in [1.29, 1.82) is 0 Å². The molecule has 2 atom stereocenters. The molecule has 2 N–H and O–H groups in total. The van der Waals surface area contributed by atoms with Crippen LogP contribution in [-0.4, -0.2) is 16.9 Å². The lowest BCUT2D eigenvalue weighted by atomic mass is 10.1. The van der Waals surface area contributed by atoms with Crippen molar-refractivity contribution in [3.05, 3.63) is 58.7 Å². The second-order valence-electron chi connectivity index (χ2n) is 5.53. The minimum atomic E-state index is -0.298.